The largest absolute Gasteiger partial charge is 0.488 e. The molecule has 1 heterocycles. The molecule has 0 aliphatic carbocycles. The third-order valence-corrected chi connectivity index (χ3v) is 4.10. The third-order valence-electron chi connectivity index (χ3n) is 4.10. The molecule has 11 heteroatoms. The number of hydrogen-bond donors (Lipinski definition) is 2. The minimum Gasteiger partial charge on any atom is -0.488 e. The smallest absolute Gasteiger partial charge is 0.394 e. The predicted octanol–water partition coefficient (Wildman–Crippen LogP) is 2.64. The van der Waals surface area contributed by atoms with E-state index in [1.807, 2.05) is 0 Å². The van der Waals surface area contributed by atoms with Crippen molar-refractivity contribution in [3.05, 3.63) is 29.8 Å². The fraction of sp³-hybridized carbons (Fsp3) is 0.500. The Morgan fingerprint density at radius 3 is 2.52 bits per heavy atom. The van der Waals surface area contributed by atoms with E-state index in [1.54, 1.807) is 0 Å². The van der Waals surface area contributed by atoms with Gasteiger partial charge in [-0.3, -0.25) is 4.79 Å². The molecule has 2 N–H and O–H groups in total. The van der Waals surface area contributed by atoms with E-state index in [2.05, 4.69) is 5.32 Å². The predicted molar refractivity (Wildman–Crippen MR) is 82.1 cm³/mol. The van der Waals surface area contributed by atoms with Crippen LogP contribution in [0.1, 0.15) is 6.92 Å². The van der Waals surface area contributed by atoms with Gasteiger partial charge in [-0.05, 0) is 19.1 Å². The van der Waals surface area contributed by atoms with Gasteiger partial charge in [-0.2, -0.15) is 13.2 Å². The number of alkyl halides is 3. The second kappa shape index (κ2) is 7.97. The molecule has 1 aromatic carbocycles. The lowest BCUT2D eigenvalue weighted by Crippen LogP contribution is -2.45. The van der Waals surface area contributed by atoms with Crippen LogP contribution >= 0.6 is 0 Å². The topological polar surface area (TPSA) is 78.9 Å². The molecule has 1 aliphatic rings. The zero-order valence-electron chi connectivity index (χ0n) is 14.1. The Bertz CT molecular complexity index is 713. The summed E-state index contributed by atoms with van der Waals surface area (Å²) in [5.74, 6) is -7.50. The number of nitrogens with one attached hydrogen (secondary N) is 1. The van der Waals surface area contributed by atoms with E-state index in [1.165, 1.54) is 6.92 Å². The van der Waals surface area contributed by atoms with Gasteiger partial charge in [-0.1, -0.05) is 0 Å². The molecule has 150 valence electrons. The van der Waals surface area contributed by atoms with Crippen LogP contribution in [0.25, 0.3) is 0 Å². The van der Waals surface area contributed by atoms with Crippen molar-refractivity contribution in [3.8, 4) is 5.75 Å². The molecule has 1 aliphatic heterocycles. The Morgan fingerprint density at radius 1 is 1.33 bits per heavy atom. The van der Waals surface area contributed by atoms with Gasteiger partial charge in [0.1, 0.15) is 12.4 Å². The molecule has 1 aromatic rings. The molecule has 3 atom stereocenters. The molecule has 27 heavy (non-hydrogen) atoms. The number of halogens is 5. The Labute approximate surface area is 150 Å². The van der Waals surface area contributed by atoms with Crippen LogP contribution in [0.5, 0.6) is 5.75 Å². The number of carbonyl (C=O) groups is 2. The molecular weight excluding hydrogens is 379 g/mol. The summed E-state index contributed by atoms with van der Waals surface area (Å²) < 4.78 is 70.2. The number of nitrogens with zero attached hydrogens (tertiary/aromatic N) is 1. The Morgan fingerprint density at radius 2 is 2.00 bits per heavy atom. The zero-order chi connectivity index (χ0) is 20.4. The van der Waals surface area contributed by atoms with Crippen LogP contribution in [0.15, 0.2) is 18.2 Å². The number of urea groups is 1. The molecule has 1 fully saturated rings. The second-order valence-corrected chi connectivity index (χ2v) is 6.23. The van der Waals surface area contributed by atoms with Gasteiger partial charge in [0.15, 0.2) is 11.6 Å². The van der Waals surface area contributed by atoms with Crippen molar-refractivity contribution in [3.63, 3.8) is 0 Å². The molecule has 0 aromatic heterocycles. The summed E-state index contributed by atoms with van der Waals surface area (Å²) in [6.07, 6.45) is -4.74. The van der Waals surface area contributed by atoms with Crippen LogP contribution in [0.2, 0.25) is 0 Å². The van der Waals surface area contributed by atoms with Crippen molar-refractivity contribution < 1.29 is 41.4 Å². The summed E-state index contributed by atoms with van der Waals surface area (Å²) in [6.45, 7) is -0.115. The monoisotopic (exact) mass is 396 g/mol. The minimum absolute atomic E-state index is 0.229. The quantitative estimate of drug-likeness (QED) is 0.751. The number of carbonyl (C=O) groups excluding carboxylic acids is 1. The normalized spacial score (nSPS) is 21.0. The number of carboxylic acids is 1. The summed E-state index contributed by atoms with van der Waals surface area (Å²) in [6, 6.07) is 1.05. The van der Waals surface area contributed by atoms with Crippen LogP contribution in [-0.2, 0) is 4.79 Å². The molecule has 0 radical (unpaired) electrons. The van der Waals surface area contributed by atoms with Gasteiger partial charge in [-0.15, -0.1) is 0 Å². The van der Waals surface area contributed by atoms with Gasteiger partial charge in [0.25, 0.3) is 0 Å². The maximum absolute atomic E-state index is 13.5. The lowest BCUT2D eigenvalue weighted by Gasteiger charge is -2.21. The Balaban J connectivity index is 1.91. The summed E-state index contributed by atoms with van der Waals surface area (Å²) in [5.41, 5.74) is 0. The van der Waals surface area contributed by atoms with Gasteiger partial charge in [0.05, 0.1) is 17.9 Å². The number of carboxylic acid groups (broad SMARTS) is 1. The first-order chi connectivity index (χ1) is 12.5. The Hall–Kier alpha value is -2.59. The standard InChI is InChI=1S/C16H17F5N2O4/c1-8(7-27-13-3-2-9(17)4-12(13)18)22-15(26)23-5-10(14(24)25)11(6-23)16(19,20)21/h2-4,8,10-11H,5-7H2,1H3,(H,22,26)(H,24,25)/t8?,10-,11-/m1/s1. The van der Waals surface area contributed by atoms with E-state index in [0.29, 0.717) is 6.07 Å². The van der Waals surface area contributed by atoms with Crippen molar-refractivity contribution in [2.75, 3.05) is 19.7 Å². The van der Waals surface area contributed by atoms with E-state index in [4.69, 9.17) is 9.84 Å². The first-order valence-corrected chi connectivity index (χ1v) is 7.92. The van der Waals surface area contributed by atoms with Crippen LogP contribution in [0, 0.1) is 23.5 Å². The van der Waals surface area contributed by atoms with Crippen LogP contribution in [0.3, 0.4) is 0 Å². The number of aliphatic carboxylic acids is 1. The summed E-state index contributed by atoms with van der Waals surface area (Å²) in [5, 5.41) is 11.3. The molecule has 1 unspecified atom stereocenters. The highest BCUT2D eigenvalue weighted by atomic mass is 19.4. The number of benzene rings is 1. The maximum Gasteiger partial charge on any atom is 0.394 e. The average molecular weight is 396 g/mol. The first-order valence-electron chi connectivity index (χ1n) is 7.92. The van der Waals surface area contributed by atoms with Crippen molar-refractivity contribution in [2.45, 2.75) is 19.1 Å². The van der Waals surface area contributed by atoms with E-state index in [9.17, 15) is 31.5 Å². The molecule has 0 bridgehead atoms. The number of hydrogen-bond acceptors (Lipinski definition) is 3. The first kappa shape index (κ1) is 20.7. The van der Waals surface area contributed by atoms with E-state index in [0.717, 1.165) is 17.0 Å². The van der Waals surface area contributed by atoms with Crippen LogP contribution in [-0.4, -0.2) is 53.9 Å². The summed E-state index contributed by atoms with van der Waals surface area (Å²) >= 11 is 0. The van der Waals surface area contributed by atoms with Crippen molar-refractivity contribution in [1.82, 2.24) is 10.2 Å². The van der Waals surface area contributed by atoms with Gasteiger partial charge in [-0.25, -0.2) is 13.6 Å². The highest BCUT2D eigenvalue weighted by Crippen LogP contribution is 2.37. The Kier molecular flexibility index (Phi) is 6.11. The minimum atomic E-state index is -4.74. The highest BCUT2D eigenvalue weighted by molar-refractivity contribution is 5.78. The summed E-state index contributed by atoms with van der Waals surface area (Å²) in [4.78, 5) is 23.9. The van der Waals surface area contributed by atoms with Gasteiger partial charge >= 0.3 is 18.2 Å². The van der Waals surface area contributed by atoms with Gasteiger partial charge < -0.3 is 20.1 Å². The molecule has 2 amide bonds. The molecule has 0 saturated carbocycles. The lowest BCUT2D eigenvalue weighted by atomic mass is 9.96. The molecular formula is C16H17F5N2O4. The maximum atomic E-state index is 13.5. The number of amides is 2. The van der Waals surface area contributed by atoms with Crippen molar-refractivity contribution >= 4 is 12.0 Å². The zero-order valence-corrected chi connectivity index (χ0v) is 14.1. The number of rotatable bonds is 5. The number of ether oxygens (including phenoxy) is 1. The number of likely N-dealkylation sites (tertiary alicyclic amines) is 1. The van der Waals surface area contributed by atoms with Gasteiger partial charge in [0, 0.05) is 19.2 Å². The average Bonchev–Trinajstić information content (AvgIpc) is 3.00. The second-order valence-electron chi connectivity index (χ2n) is 6.23. The third kappa shape index (κ3) is 5.20. The van der Waals surface area contributed by atoms with Crippen LogP contribution < -0.4 is 10.1 Å². The van der Waals surface area contributed by atoms with E-state index < -0.39 is 60.8 Å². The molecule has 0 spiro atoms. The van der Waals surface area contributed by atoms with E-state index in [-0.39, 0.29) is 12.4 Å². The molecule has 2 rings (SSSR count). The molecule has 1 saturated heterocycles. The highest BCUT2D eigenvalue weighted by Gasteiger charge is 2.53. The SMILES string of the molecule is CC(COc1ccc(F)cc1F)NC(=O)N1C[C@@H](C(F)(F)F)[C@H](C(=O)O)C1. The molecule has 6 nitrogen and oxygen atoms in total. The van der Waals surface area contributed by atoms with Gasteiger partial charge in [0.2, 0.25) is 0 Å². The summed E-state index contributed by atoms with van der Waals surface area (Å²) in [7, 11) is 0. The fourth-order valence-corrected chi connectivity index (χ4v) is 2.70. The van der Waals surface area contributed by atoms with Crippen molar-refractivity contribution in [1.29, 1.82) is 0 Å². The van der Waals surface area contributed by atoms with E-state index >= 15 is 0 Å². The fourth-order valence-electron chi connectivity index (χ4n) is 2.70. The lowest BCUT2D eigenvalue weighted by molar-refractivity contribution is -0.187. The van der Waals surface area contributed by atoms with Crippen LogP contribution in [0.4, 0.5) is 26.7 Å². The van der Waals surface area contributed by atoms with Crippen molar-refractivity contribution in [2.24, 2.45) is 11.8 Å².